The van der Waals surface area contributed by atoms with E-state index in [-0.39, 0.29) is 5.76 Å². The molecule has 0 bridgehead atoms. The molecule has 0 radical (unpaired) electrons. The molecule has 2 rings (SSSR count). The van der Waals surface area contributed by atoms with Crippen LogP contribution in [0.1, 0.15) is 48.7 Å². The highest BCUT2D eigenvalue weighted by Crippen LogP contribution is 2.25. The summed E-state index contributed by atoms with van der Waals surface area (Å²) in [6, 6.07) is 7.44. The van der Waals surface area contributed by atoms with Crippen LogP contribution in [-0.4, -0.2) is 17.6 Å². The van der Waals surface area contributed by atoms with Gasteiger partial charge < -0.3 is 14.8 Å². The number of aromatic carboxylic acids is 1. The molecule has 0 saturated carbocycles. The highest BCUT2D eigenvalue weighted by Gasteiger charge is 2.18. The van der Waals surface area contributed by atoms with Gasteiger partial charge in [-0.2, -0.15) is 0 Å². The van der Waals surface area contributed by atoms with Gasteiger partial charge in [0.15, 0.2) is 0 Å². The Kier molecular flexibility index (Phi) is 5.18. The molecule has 1 aromatic heterocycles. The number of carboxylic acid groups (broad SMARTS) is 1. The van der Waals surface area contributed by atoms with E-state index in [1.165, 1.54) is 19.3 Å². The van der Waals surface area contributed by atoms with Crippen LogP contribution in [0.5, 0.6) is 0 Å². The first-order valence-corrected chi connectivity index (χ1v) is 7.18. The van der Waals surface area contributed by atoms with Crippen LogP contribution in [0.2, 0.25) is 0 Å². The Bertz CT molecular complexity index is 574. The molecule has 20 heavy (non-hydrogen) atoms. The van der Waals surface area contributed by atoms with Gasteiger partial charge in [0.1, 0.15) is 5.58 Å². The van der Waals surface area contributed by atoms with Crippen molar-refractivity contribution >= 4 is 16.9 Å². The van der Waals surface area contributed by atoms with E-state index in [4.69, 9.17) is 4.42 Å². The molecule has 4 heteroatoms. The van der Waals surface area contributed by atoms with E-state index < -0.39 is 5.97 Å². The first-order valence-electron chi connectivity index (χ1n) is 7.18. The van der Waals surface area contributed by atoms with Crippen molar-refractivity contribution < 1.29 is 14.3 Å². The Hall–Kier alpha value is -1.81. The topological polar surface area (TPSA) is 62.5 Å². The van der Waals surface area contributed by atoms with Crippen molar-refractivity contribution in [2.24, 2.45) is 0 Å². The average molecular weight is 275 g/mol. The first kappa shape index (κ1) is 14.6. The smallest absolute Gasteiger partial charge is 0.372 e. The van der Waals surface area contributed by atoms with Crippen molar-refractivity contribution in [3.63, 3.8) is 0 Å². The standard InChI is InChI=1S/C16H21NO3/c1-2-3-4-7-10-17-11-13-12-8-5-6-9-14(12)20-15(13)16(18)19/h5-6,8-9,17H,2-4,7,10-11H2,1H3,(H,18,19). The normalized spacial score (nSPS) is 11.1. The number of nitrogens with one attached hydrogen (secondary N) is 1. The lowest BCUT2D eigenvalue weighted by molar-refractivity contribution is 0.0663. The van der Waals surface area contributed by atoms with E-state index in [0.29, 0.717) is 12.1 Å². The number of benzene rings is 1. The predicted octanol–water partition coefficient (Wildman–Crippen LogP) is 3.80. The van der Waals surface area contributed by atoms with Gasteiger partial charge >= 0.3 is 5.97 Å². The molecule has 0 spiro atoms. The van der Waals surface area contributed by atoms with Gasteiger partial charge in [0.25, 0.3) is 0 Å². The van der Waals surface area contributed by atoms with Crippen molar-refractivity contribution in [2.45, 2.75) is 39.2 Å². The maximum absolute atomic E-state index is 11.2. The van der Waals surface area contributed by atoms with Crippen molar-refractivity contribution in [3.8, 4) is 0 Å². The Morgan fingerprint density at radius 3 is 2.80 bits per heavy atom. The summed E-state index contributed by atoms with van der Waals surface area (Å²) >= 11 is 0. The zero-order valence-corrected chi connectivity index (χ0v) is 11.8. The Labute approximate surface area is 118 Å². The maximum atomic E-state index is 11.2. The average Bonchev–Trinajstić information content (AvgIpc) is 2.82. The molecule has 0 aliphatic carbocycles. The second kappa shape index (κ2) is 7.10. The van der Waals surface area contributed by atoms with E-state index in [0.717, 1.165) is 23.9 Å². The molecular formula is C16H21NO3. The summed E-state index contributed by atoms with van der Waals surface area (Å²) in [4.78, 5) is 11.2. The lowest BCUT2D eigenvalue weighted by Crippen LogP contribution is -2.16. The summed E-state index contributed by atoms with van der Waals surface area (Å²) in [5, 5.41) is 13.4. The summed E-state index contributed by atoms with van der Waals surface area (Å²) in [5.41, 5.74) is 1.37. The van der Waals surface area contributed by atoms with Gasteiger partial charge in [-0.1, -0.05) is 44.4 Å². The zero-order chi connectivity index (χ0) is 14.4. The highest BCUT2D eigenvalue weighted by atomic mass is 16.4. The Balaban J connectivity index is 2.04. The van der Waals surface area contributed by atoms with E-state index in [1.807, 2.05) is 18.2 Å². The maximum Gasteiger partial charge on any atom is 0.372 e. The number of unbranched alkanes of at least 4 members (excludes halogenated alkanes) is 3. The van der Waals surface area contributed by atoms with Gasteiger partial charge in [-0.15, -0.1) is 0 Å². The van der Waals surface area contributed by atoms with Crippen LogP contribution in [0.4, 0.5) is 0 Å². The molecule has 2 aromatic rings. The molecule has 4 nitrogen and oxygen atoms in total. The summed E-state index contributed by atoms with van der Waals surface area (Å²) in [6.45, 7) is 3.62. The molecule has 108 valence electrons. The van der Waals surface area contributed by atoms with Gasteiger partial charge in [0.05, 0.1) is 0 Å². The number of hydrogen-bond acceptors (Lipinski definition) is 3. The molecule has 0 saturated heterocycles. The van der Waals surface area contributed by atoms with Crippen molar-refractivity contribution in [1.82, 2.24) is 5.32 Å². The molecule has 0 aliphatic heterocycles. The number of para-hydroxylation sites is 1. The number of carbonyl (C=O) groups is 1. The van der Waals surface area contributed by atoms with E-state index in [9.17, 15) is 9.90 Å². The zero-order valence-electron chi connectivity index (χ0n) is 11.8. The third-order valence-electron chi connectivity index (χ3n) is 3.40. The number of rotatable bonds is 8. The lowest BCUT2D eigenvalue weighted by atomic mass is 10.1. The first-order chi connectivity index (χ1) is 9.74. The van der Waals surface area contributed by atoms with E-state index in [2.05, 4.69) is 12.2 Å². The highest BCUT2D eigenvalue weighted by molar-refractivity contribution is 5.95. The molecule has 2 N–H and O–H groups in total. The molecule has 0 atom stereocenters. The van der Waals surface area contributed by atoms with E-state index in [1.54, 1.807) is 6.07 Å². The van der Waals surface area contributed by atoms with Crippen LogP contribution >= 0.6 is 0 Å². The third-order valence-corrected chi connectivity index (χ3v) is 3.40. The minimum Gasteiger partial charge on any atom is -0.475 e. The number of furan rings is 1. The number of fused-ring (bicyclic) bond motifs is 1. The molecule has 1 heterocycles. The van der Waals surface area contributed by atoms with Crippen molar-refractivity contribution in [3.05, 3.63) is 35.6 Å². The van der Waals surface area contributed by atoms with E-state index >= 15 is 0 Å². The van der Waals surface area contributed by atoms with Crippen LogP contribution in [0, 0.1) is 0 Å². The molecule has 0 amide bonds. The van der Waals surface area contributed by atoms with Crippen LogP contribution in [0.3, 0.4) is 0 Å². The fraction of sp³-hybridized carbons (Fsp3) is 0.438. The molecule has 0 fully saturated rings. The van der Waals surface area contributed by atoms with Crippen LogP contribution in [-0.2, 0) is 6.54 Å². The van der Waals surface area contributed by atoms with Crippen molar-refractivity contribution in [1.29, 1.82) is 0 Å². The van der Waals surface area contributed by atoms with Gasteiger partial charge in [-0.3, -0.25) is 0 Å². The third kappa shape index (κ3) is 3.39. The largest absolute Gasteiger partial charge is 0.475 e. The second-order valence-corrected chi connectivity index (χ2v) is 4.95. The number of carboxylic acids is 1. The molecular weight excluding hydrogens is 254 g/mol. The second-order valence-electron chi connectivity index (χ2n) is 4.95. The van der Waals surface area contributed by atoms with Gasteiger partial charge in [-0.05, 0) is 19.0 Å². The van der Waals surface area contributed by atoms with Crippen LogP contribution in [0.25, 0.3) is 11.0 Å². The Morgan fingerprint density at radius 2 is 2.05 bits per heavy atom. The predicted molar refractivity (Wildman–Crippen MR) is 79.0 cm³/mol. The Morgan fingerprint density at radius 1 is 1.25 bits per heavy atom. The van der Waals surface area contributed by atoms with Crippen molar-refractivity contribution in [2.75, 3.05) is 6.54 Å². The summed E-state index contributed by atoms with van der Waals surface area (Å²) < 4.78 is 5.42. The van der Waals surface area contributed by atoms with Gasteiger partial charge in [0.2, 0.25) is 5.76 Å². The number of hydrogen-bond donors (Lipinski definition) is 2. The van der Waals surface area contributed by atoms with Crippen LogP contribution < -0.4 is 5.32 Å². The van der Waals surface area contributed by atoms with Crippen LogP contribution in [0.15, 0.2) is 28.7 Å². The molecule has 0 aliphatic rings. The summed E-state index contributed by atoms with van der Waals surface area (Å²) in [7, 11) is 0. The fourth-order valence-corrected chi connectivity index (χ4v) is 2.34. The molecule has 1 aromatic carbocycles. The minimum atomic E-state index is -1.01. The lowest BCUT2D eigenvalue weighted by Gasteiger charge is -2.04. The summed E-state index contributed by atoms with van der Waals surface area (Å²) in [5.74, 6) is -0.962. The quantitative estimate of drug-likeness (QED) is 0.719. The monoisotopic (exact) mass is 275 g/mol. The molecule has 0 unspecified atom stereocenters. The SMILES string of the molecule is CCCCCCNCc1c(C(=O)O)oc2ccccc12. The fourth-order valence-electron chi connectivity index (χ4n) is 2.34. The van der Waals surface area contributed by atoms with Gasteiger partial charge in [0, 0.05) is 17.5 Å². The van der Waals surface area contributed by atoms with Gasteiger partial charge in [-0.25, -0.2) is 4.79 Å². The summed E-state index contributed by atoms with van der Waals surface area (Å²) in [6.07, 6.45) is 4.79. The minimum absolute atomic E-state index is 0.0484.